The lowest BCUT2D eigenvalue weighted by Gasteiger charge is -2.02. The third kappa shape index (κ3) is 1.24. The molecule has 0 aliphatic carbocycles. The lowest BCUT2D eigenvalue weighted by molar-refractivity contribution is 0.382. The summed E-state index contributed by atoms with van der Waals surface area (Å²) in [6.45, 7) is 0. The Bertz CT molecular complexity index is 530. The van der Waals surface area contributed by atoms with Gasteiger partial charge in [-0.3, -0.25) is 4.79 Å². The van der Waals surface area contributed by atoms with E-state index in [1.165, 1.54) is 18.4 Å². The van der Waals surface area contributed by atoms with Crippen LogP contribution >= 0.6 is 11.3 Å². The van der Waals surface area contributed by atoms with E-state index >= 15 is 0 Å². The largest absolute Gasteiger partial charge is 0.501 e. The highest BCUT2D eigenvalue weighted by atomic mass is 32.1. The molecule has 1 N–H and O–H groups in total. The smallest absolute Gasteiger partial charge is 0.233 e. The molecular formula is C10H8O3S. The summed E-state index contributed by atoms with van der Waals surface area (Å²) >= 11 is 1.26. The molecule has 0 bridgehead atoms. The first-order valence-electron chi connectivity index (χ1n) is 4.03. The van der Waals surface area contributed by atoms with Crippen molar-refractivity contribution in [2.45, 2.75) is 0 Å². The van der Waals surface area contributed by atoms with Crippen molar-refractivity contribution >= 4 is 21.4 Å². The van der Waals surface area contributed by atoms with Crippen molar-refractivity contribution in [3.8, 4) is 10.8 Å². The van der Waals surface area contributed by atoms with E-state index in [9.17, 15) is 9.90 Å². The van der Waals surface area contributed by atoms with E-state index in [2.05, 4.69) is 0 Å². The Kier molecular flexibility index (Phi) is 2.13. The maximum absolute atomic E-state index is 11.6. The van der Waals surface area contributed by atoms with Crippen molar-refractivity contribution in [1.29, 1.82) is 0 Å². The first-order chi connectivity index (χ1) is 6.74. The first-order valence-corrected chi connectivity index (χ1v) is 4.84. The molecule has 0 unspecified atom stereocenters. The van der Waals surface area contributed by atoms with Crippen LogP contribution in [0.4, 0.5) is 0 Å². The predicted octanol–water partition coefficient (Wildman–Crippen LogP) is 1.98. The number of ether oxygens (including phenoxy) is 1. The molecule has 3 nitrogen and oxygen atoms in total. The minimum atomic E-state index is -0.379. The summed E-state index contributed by atoms with van der Waals surface area (Å²) in [7, 11) is 1.43. The number of benzene rings is 1. The normalized spacial score (nSPS) is 10.4. The average molecular weight is 208 g/mol. The van der Waals surface area contributed by atoms with E-state index in [4.69, 9.17) is 4.74 Å². The third-order valence-electron chi connectivity index (χ3n) is 1.93. The average Bonchev–Trinajstić information content (AvgIpc) is 2.23. The highest BCUT2D eigenvalue weighted by molar-refractivity contribution is 7.20. The summed E-state index contributed by atoms with van der Waals surface area (Å²) in [5.41, 5.74) is -0.379. The van der Waals surface area contributed by atoms with Crippen LogP contribution in [0.1, 0.15) is 0 Å². The van der Waals surface area contributed by atoms with Crippen LogP contribution in [-0.2, 0) is 0 Å². The molecule has 0 amide bonds. The van der Waals surface area contributed by atoms with Gasteiger partial charge in [-0.25, -0.2) is 0 Å². The van der Waals surface area contributed by atoms with Gasteiger partial charge in [0.2, 0.25) is 16.2 Å². The molecule has 72 valence electrons. The molecule has 4 heteroatoms. The quantitative estimate of drug-likeness (QED) is 0.779. The summed E-state index contributed by atoms with van der Waals surface area (Å²) in [6, 6.07) is 7.12. The highest BCUT2D eigenvalue weighted by Crippen LogP contribution is 2.32. The zero-order valence-corrected chi connectivity index (χ0v) is 8.30. The number of methoxy groups -OCH3 is 1. The fraction of sp³-hybridized carbons (Fsp3) is 0.100. The standard InChI is InChI=1S/C10H8O3S/c1-13-10-9(12)8(11)6-4-2-3-5-7(6)14-10/h2-5,12H,1H3. The predicted molar refractivity (Wildman–Crippen MR) is 56.3 cm³/mol. The molecule has 2 rings (SSSR count). The lowest BCUT2D eigenvalue weighted by atomic mass is 10.2. The number of fused-ring (bicyclic) bond motifs is 1. The molecule has 0 atom stereocenters. The molecule has 2 aromatic rings. The van der Waals surface area contributed by atoms with Gasteiger partial charge in [-0.15, -0.1) is 0 Å². The fourth-order valence-electron chi connectivity index (χ4n) is 1.25. The van der Waals surface area contributed by atoms with Crippen LogP contribution in [0.3, 0.4) is 0 Å². The van der Waals surface area contributed by atoms with Gasteiger partial charge in [0, 0.05) is 10.1 Å². The van der Waals surface area contributed by atoms with Crippen molar-refractivity contribution in [2.24, 2.45) is 0 Å². The third-order valence-corrected chi connectivity index (χ3v) is 3.05. The summed E-state index contributed by atoms with van der Waals surface area (Å²) < 4.78 is 5.71. The molecule has 0 aliphatic rings. The van der Waals surface area contributed by atoms with Crippen LogP contribution < -0.4 is 10.2 Å². The van der Waals surface area contributed by atoms with Crippen LogP contribution in [0.25, 0.3) is 10.1 Å². The van der Waals surface area contributed by atoms with Crippen molar-refractivity contribution in [2.75, 3.05) is 7.11 Å². The van der Waals surface area contributed by atoms with Crippen molar-refractivity contribution in [3.05, 3.63) is 34.5 Å². The topological polar surface area (TPSA) is 46.5 Å². The van der Waals surface area contributed by atoms with Crippen LogP contribution in [0, 0.1) is 0 Å². The number of aromatic hydroxyl groups is 1. The Balaban J connectivity index is 2.92. The van der Waals surface area contributed by atoms with Gasteiger partial charge in [-0.05, 0) is 12.1 Å². The minimum Gasteiger partial charge on any atom is -0.501 e. The van der Waals surface area contributed by atoms with E-state index in [-0.39, 0.29) is 16.2 Å². The monoisotopic (exact) mass is 208 g/mol. The second-order valence-electron chi connectivity index (χ2n) is 2.77. The van der Waals surface area contributed by atoms with Gasteiger partial charge in [0.25, 0.3) is 0 Å². The second kappa shape index (κ2) is 3.31. The Morgan fingerprint density at radius 1 is 1.36 bits per heavy atom. The molecule has 1 heterocycles. The summed E-state index contributed by atoms with van der Waals surface area (Å²) in [6.07, 6.45) is 0. The number of hydrogen-bond donors (Lipinski definition) is 1. The Morgan fingerprint density at radius 3 is 2.79 bits per heavy atom. The van der Waals surface area contributed by atoms with E-state index in [1.807, 2.05) is 12.1 Å². The number of rotatable bonds is 1. The molecule has 0 saturated heterocycles. The molecule has 1 aromatic heterocycles. The van der Waals surface area contributed by atoms with Gasteiger partial charge >= 0.3 is 0 Å². The first kappa shape index (κ1) is 9.02. The van der Waals surface area contributed by atoms with Gasteiger partial charge in [-0.1, -0.05) is 23.5 Å². The maximum atomic E-state index is 11.6. The van der Waals surface area contributed by atoms with Gasteiger partial charge < -0.3 is 9.84 Å². The van der Waals surface area contributed by atoms with Crippen LogP contribution in [0.5, 0.6) is 10.8 Å². The lowest BCUT2D eigenvalue weighted by Crippen LogP contribution is -2.01. The van der Waals surface area contributed by atoms with Crippen molar-refractivity contribution in [3.63, 3.8) is 0 Å². The molecule has 0 saturated carbocycles. The van der Waals surface area contributed by atoms with Crippen LogP contribution in [-0.4, -0.2) is 12.2 Å². The van der Waals surface area contributed by atoms with Gasteiger partial charge in [0.15, 0.2) is 0 Å². The molecule has 0 aliphatic heterocycles. The highest BCUT2D eigenvalue weighted by Gasteiger charge is 2.10. The molecule has 0 fully saturated rings. The van der Waals surface area contributed by atoms with Crippen molar-refractivity contribution in [1.82, 2.24) is 0 Å². The van der Waals surface area contributed by atoms with Gasteiger partial charge in [-0.2, -0.15) is 0 Å². The zero-order chi connectivity index (χ0) is 10.1. The Morgan fingerprint density at radius 2 is 2.07 bits per heavy atom. The Hall–Kier alpha value is -1.55. The fourth-order valence-corrected chi connectivity index (χ4v) is 2.14. The van der Waals surface area contributed by atoms with Crippen LogP contribution in [0.15, 0.2) is 29.1 Å². The summed E-state index contributed by atoms with van der Waals surface area (Å²) in [5, 5.41) is 10.3. The SMILES string of the molecule is COc1sc2ccccc2c(=O)c1O. The molecule has 0 radical (unpaired) electrons. The van der Waals surface area contributed by atoms with Crippen LogP contribution in [0.2, 0.25) is 0 Å². The zero-order valence-electron chi connectivity index (χ0n) is 7.48. The summed E-state index contributed by atoms with van der Waals surface area (Å²) in [4.78, 5) is 11.6. The Labute approximate surface area is 84.2 Å². The molecular weight excluding hydrogens is 200 g/mol. The minimum absolute atomic E-state index is 0.258. The van der Waals surface area contributed by atoms with Crippen molar-refractivity contribution < 1.29 is 9.84 Å². The molecule has 14 heavy (non-hydrogen) atoms. The second-order valence-corrected chi connectivity index (χ2v) is 3.78. The molecule has 1 aromatic carbocycles. The van der Waals surface area contributed by atoms with E-state index in [0.717, 1.165) is 4.70 Å². The van der Waals surface area contributed by atoms with E-state index in [1.54, 1.807) is 12.1 Å². The van der Waals surface area contributed by atoms with Gasteiger partial charge in [0.1, 0.15) is 0 Å². The number of hydrogen-bond acceptors (Lipinski definition) is 4. The van der Waals surface area contributed by atoms with Gasteiger partial charge in [0.05, 0.1) is 7.11 Å². The molecule has 0 spiro atoms. The van der Waals surface area contributed by atoms with E-state index < -0.39 is 0 Å². The maximum Gasteiger partial charge on any atom is 0.233 e. The summed E-state index contributed by atoms with van der Waals surface area (Å²) in [5.74, 6) is -0.309. The van der Waals surface area contributed by atoms with E-state index in [0.29, 0.717) is 5.39 Å².